The first-order valence-electron chi connectivity index (χ1n) is 8.39. The van der Waals surface area contributed by atoms with Gasteiger partial charge in [-0.3, -0.25) is 0 Å². The molecule has 0 fully saturated rings. The molecule has 0 saturated heterocycles. The van der Waals surface area contributed by atoms with Gasteiger partial charge in [-0.05, 0) is 48.9 Å². The van der Waals surface area contributed by atoms with E-state index in [-0.39, 0.29) is 12.4 Å². The molecule has 0 amide bonds. The number of halogens is 1. The van der Waals surface area contributed by atoms with Crippen LogP contribution in [0.4, 0.5) is 4.39 Å². The molecule has 0 bridgehead atoms. The number of aromatic nitrogens is 4. The SMILES string of the molecule is Cc1cccc(OCc2nnc(SCc3nc(-c4ccc(F)cc4)no3)o2)c1. The number of nitrogens with zero attached hydrogens (tertiary/aromatic N) is 4. The summed E-state index contributed by atoms with van der Waals surface area (Å²) in [7, 11) is 0. The summed E-state index contributed by atoms with van der Waals surface area (Å²) in [6, 6.07) is 13.6. The maximum Gasteiger partial charge on any atom is 0.277 e. The quantitative estimate of drug-likeness (QED) is 0.422. The lowest BCUT2D eigenvalue weighted by molar-refractivity contribution is 0.252. The van der Waals surface area contributed by atoms with Crippen molar-refractivity contribution in [2.45, 2.75) is 24.5 Å². The molecule has 0 saturated carbocycles. The van der Waals surface area contributed by atoms with E-state index in [9.17, 15) is 4.39 Å². The second-order valence-corrected chi connectivity index (χ2v) is 6.80. The third kappa shape index (κ3) is 4.55. The maximum absolute atomic E-state index is 13.0. The third-order valence-corrected chi connectivity index (χ3v) is 4.49. The molecule has 0 aliphatic carbocycles. The second-order valence-electron chi connectivity index (χ2n) is 5.87. The Kier molecular flexibility index (Phi) is 5.34. The lowest BCUT2D eigenvalue weighted by atomic mass is 10.2. The van der Waals surface area contributed by atoms with Gasteiger partial charge in [0.1, 0.15) is 11.6 Å². The van der Waals surface area contributed by atoms with Gasteiger partial charge in [-0.15, -0.1) is 10.2 Å². The molecular weight excluding hydrogens is 383 g/mol. The molecule has 28 heavy (non-hydrogen) atoms. The topological polar surface area (TPSA) is 87.1 Å². The standard InChI is InChI=1S/C19H15FN4O3S/c1-12-3-2-4-15(9-12)25-10-16-22-23-19(26-16)28-11-17-21-18(24-27-17)13-5-7-14(20)8-6-13/h2-9H,10-11H2,1H3. The van der Waals surface area contributed by atoms with Gasteiger partial charge in [0, 0.05) is 5.56 Å². The van der Waals surface area contributed by atoms with Gasteiger partial charge in [-0.25, -0.2) is 4.39 Å². The van der Waals surface area contributed by atoms with E-state index in [1.165, 1.54) is 23.9 Å². The molecule has 0 radical (unpaired) electrons. The minimum atomic E-state index is -0.318. The number of benzene rings is 2. The predicted octanol–water partition coefficient (Wildman–Crippen LogP) is 4.44. The normalized spacial score (nSPS) is 10.9. The molecule has 2 aromatic carbocycles. The zero-order valence-corrected chi connectivity index (χ0v) is 15.6. The summed E-state index contributed by atoms with van der Waals surface area (Å²) in [5.74, 6) is 1.97. The Hall–Kier alpha value is -3.20. The zero-order chi connectivity index (χ0) is 19.3. The van der Waals surface area contributed by atoms with E-state index < -0.39 is 0 Å². The molecule has 0 aliphatic heterocycles. The fraction of sp³-hybridized carbons (Fsp3) is 0.158. The Labute approximate surface area is 163 Å². The Morgan fingerprint density at radius 1 is 1.07 bits per heavy atom. The highest BCUT2D eigenvalue weighted by atomic mass is 32.2. The van der Waals surface area contributed by atoms with E-state index in [1.54, 1.807) is 12.1 Å². The van der Waals surface area contributed by atoms with E-state index in [1.807, 2.05) is 31.2 Å². The smallest absolute Gasteiger partial charge is 0.277 e. The maximum atomic E-state index is 13.0. The molecule has 0 atom stereocenters. The second kappa shape index (κ2) is 8.22. The summed E-state index contributed by atoms with van der Waals surface area (Å²) in [5, 5.41) is 12.2. The van der Waals surface area contributed by atoms with Crippen molar-refractivity contribution in [1.82, 2.24) is 20.3 Å². The van der Waals surface area contributed by atoms with Crippen LogP contribution in [-0.4, -0.2) is 20.3 Å². The lowest BCUT2D eigenvalue weighted by Crippen LogP contribution is -1.95. The van der Waals surface area contributed by atoms with Gasteiger partial charge in [-0.1, -0.05) is 29.1 Å². The molecular formula is C19H15FN4O3S. The summed E-state index contributed by atoms with van der Waals surface area (Å²) in [6.45, 7) is 2.18. The molecule has 142 valence electrons. The van der Waals surface area contributed by atoms with Crippen molar-refractivity contribution in [3.8, 4) is 17.1 Å². The monoisotopic (exact) mass is 398 g/mol. The Morgan fingerprint density at radius 2 is 1.93 bits per heavy atom. The van der Waals surface area contributed by atoms with Crippen LogP contribution in [0.25, 0.3) is 11.4 Å². The summed E-state index contributed by atoms with van der Waals surface area (Å²) in [5.41, 5.74) is 1.79. The third-order valence-electron chi connectivity index (χ3n) is 3.69. The van der Waals surface area contributed by atoms with Crippen LogP contribution in [0.15, 0.2) is 62.7 Å². The van der Waals surface area contributed by atoms with Crippen LogP contribution < -0.4 is 4.74 Å². The Bertz CT molecular complexity index is 1060. The van der Waals surface area contributed by atoms with E-state index >= 15 is 0 Å². The zero-order valence-electron chi connectivity index (χ0n) is 14.8. The van der Waals surface area contributed by atoms with Gasteiger partial charge in [-0.2, -0.15) is 4.98 Å². The first-order valence-corrected chi connectivity index (χ1v) is 9.37. The van der Waals surface area contributed by atoms with Crippen LogP contribution in [0.2, 0.25) is 0 Å². The number of aryl methyl sites for hydroxylation is 1. The Morgan fingerprint density at radius 3 is 2.75 bits per heavy atom. The average Bonchev–Trinajstić information content (AvgIpc) is 3.35. The first-order chi connectivity index (χ1) is 13.7. The molecule has 7 nitrogen and oxygen atoms in total. The highest BCUT2D eigenvalue weighted by molar-refractivity contribution is 7.98. The predicted molar refractivity (Wildman–Crippen MR) is 99.1 cm³/mol. The van der Waals surface area contributed by atoms with Crippen LogP contribution in [-0.2, 0) is 12.4 Å². The minimum Gasteiger partial charge on any atom is -0.484 e. The van der Waals surface area contributed by atoms with Gasteiger partial charge < -0.3 is 13.7 Å². The first kappa shape index (κ1) is 18.2. The number of ether oxygens (including phenoxy) is 1. The van der Waals surface area contributed by atoms with Crippen molar-refractivity contribution in [3.05, 3.63) is 71.7 Å². The summed E-state index contributed by atoms with van der Waals surface area (Å²) >= 11 is 1.28. The van der Waals surface area contributed by atoms with Crippen molar-refractivity contribution < 1.29 is 18.1 Å². The van der Waals surface area contributed by atoms with Crippen molar-refractivity contribution in [2.24, 2.45) is 0 Å². The summed E-state index contributed by atoms with van der Waals surface area (Å²) < 4.78 is 29.4. The van der Waals surface area contributed by atoms with Gasteiger partial charge in [0.15, 0.2) is 6.61 Å². The van der Waals surface area contributed by atoms with E-state index in [4.69, 9.17) is 13.7 Å². The minimum absolute atomic E-state index is 0.187. The highest BCUT2D eigenvalue weighted by Gasteiger charge is 2.12. The van der Waals surface area contributed by atoms with E-state index in [0.717, 1.165) is 11.3 Å². The number of hydrogen-bond acceptors (Lipinski definition) is 8. The fourth-order valence-corrected chi connectivity index (χ4v) is 2.98. The highest BCUT2D eigenvalue weighted by Crippen LogP contribution is 2.23. The van der Waals surface area contributed by atoms with Gasteiger partial charge >= 0.3 is 0 Å². The number of thioether (sulfide) groups is 1. The molecule has 0 unspecified atom stereocenters. The molecule has 0 spiro atoms. The summed E-state index contributed by atoms with van der Waals surface area (Å²) in [6.07, 6.45) is 0. The lowest BCUT2D eigenvalue weighted by Gasteiger charge is -2.03. The molecule has 4 rings (SSSR count). The molecule has 0 aliphatic rings. The van der Waals surface area contributed by atoms with Crippen molar-refractivity contribution in [3.63, 3.8) is 0 Å². The van der Waals surface area contributed by atoms with Crippen LogP contribution >= 0.6 is 11.8 Å². The van der Waals surface area contributed by atoms with Crippen LogP contribution in [0, 0.1) is 12.7 Å². The fourth-order valence-electron chi connectivity index (χ4n) is 2.36. The van der Waals surface area contributed by atoms with Crippen LogP contribution in [0.1, 0.15) is 17.3 Å². The molecule has 4 aromatic rings. The molecule has 2 heterocycles. The largest absolute Gasteiger partial charge is 0.484 e. The van der Waals surface area contributed by atoms with Crippen LogP contribution in [0.5, 0.6) is 5.75 Å². The average molecular weight is 398 g/mol. The van der Waals surface area contributed by atoms with E-state index in [0.29, 0.717) is 34.1 Å². The van der Waals surface area contributed by atoms with E-state index in [2.05, 4.69) is 20.3 Å². The summed E-state index contributed by atoms with van der Waals surface area (Å²) in [4.78, 5) is 4.28. The van der Waals surface area contributed by atoms with Crippen molar-refractivity contribution >= 4 is 11.8 Å². The van der Waals surface area contributed by atoms with Gasteiger partial charge in [0.05, 0.1) is 5.75 Å². The van der Waals surface area contributed by atoms with Crippen molar-refractivity contribution in [1.29, 1.82) is 0 Å². The van der Waals surface area contributed by atoms with Crippen LogP contribution in [0.3, 0.4) is 0 Å². The Balaban J connectivity index is 1.31. The molecule has 2 aromatic heterocycles. The number of hydrogen-bond donors (Lipinski definition) is 0. The number of rotatable bonds is 7. The molecule has 9 heteroatoms. The van der Waals surface area contributed by atoms with Crippen molar-refractivity contribution in [2.75, 3.05) is 0 Å². The molecule has 0 N–H and O–H groups in total. The van der Waals surface area contributed by atoms with Gasteiger partial charge in [0.2, 0.25) is 11.7 Å². The van der Waals surface area contributed by atoms with Gasteiger partial charge in [0.25, 0.3) is 11.1 Å².